The first-order chi connectivity index (χ1) is 12.8. The van der Waals surface area contributed by atoms with Gasteiger partial charge in [-0.1, -0.05) is 50.6 Å². The molecule has 2 aromatic rings. The summed E-state index contributed by atoms with van der Waals surface area (Å²) < 4.78 is 5.08. The molecule has 0 aliphatic rings. The molecule has 2 N–H and O–H groups in total. The topological polar surface area (TPSA) is 74.1 Å². The van der Waals surface area contributed by atoms with E-state index in [1.54, 1.807) is 18.2 Å². The Morgan fingerprint density at radius 1 is 1.22 bits per heavy atom. The number of amides is 1. The van der Waals surface area contributed by atoms with Crippen LogP contribution in [0.4, 0.5) is 11.4 Å². The Kier molecular flexibility index (Phi) is 6.49. The summed E-state index contributed by atoms with van der Waals surface area (Å²) in [6.45, 7) is 6.30. The van der Waals surface area contributed by atoms with Crippen molar-refractivity contribution in [1.82, 2.24) is 0 Å². The zero-order chi connectivity index (χ0) is 20.0. The molecule has 140 valence electrons. The zero-order valence-electron chi connectivity index (χ0n) is 15.8. The van der Waals surface area contributed by atoms with Gasteiger partial charge in [-0.2, -0.15) is 5.26 Å². The fourth-order valence-electron chi connectivity index (χ4n) is 2.50. The van der Waals surface area contributed by atoms with Gasteiger partial charge in [-0.15, -0.1) is 0 Å². The second kappa shape index (κ2) is 8.61. The molecule has 0 aromatic heterocycles. The Labute approximate surface area is 164 Å². The van der Waals surface area contributed by atoms with E-state index in [-0.39, 0.29) is 11.0 Å². The first-order valence-corrected chi connectivity index (χ1v) is 8.75. The van der Waals surface area contributed by atoms with Gasteiger partial charge in [0.2, 0.25) is 0 Å². The van der Waals surface area contributed by atoms with Gasteiger partial charge < -0.3 is 15.4 Å². The number of carbonyl (C=O) groups excluding carboxylic acids is 1. The molecule has 0 saturated heterocycles. The number of para-hydroxylation sites is 1. The number of carbonyl (C=O) groups is 1. The van der Waals surface area contributed by atoms with E-state index in [2.05, 4.69) is 31.4 Å². The van der Waals surface area contributed by atoms with E-state index in [9.17, 15) is 10.1 Å². The maximum Gasteiger partial charge on any atom is 0.267 e. The number of ether oxygens (including phenoxy) is 1. The molecule has 0 spiro atoms. The van der Waals surface area contributed by atoms with Crippen molar-refractivity contribution in [2.24, 2.45) is 0 Å². The lowest BCUT2D eigenvalue weighted by Gasteiger charge is -2.22. The Balaban J connectivity index is 2.18. The molecule has 1 amide bonds. The lowest BCUT2D eigenvalue weighted by Crippen LogP contribution is -2.16. The molecular formula is C21H22ClN3O2. The van der Waals surface area contributed by atoms with E-state index in [1.807, 2.05) is 30.3 Å². The number of nitriles is 1. The molecular weight excluding hydrogens is 362 g/mol. The van der Waals surface area contributed by atoms with Crippen molar-refractivity contribution in [3.05, 3.63) is 64.8 Å². The maximum atomic E-state index is 12.4. The van der Waals surface area contributed by atoms with Crippen LogP contribution in [0.25, 0.3) is 0 Å². The first kappa shape index (κ1) is 20.3. The highest BCUT2D eigenvalue weighted by atomic mass is 35.5. The third-order valence-corrected chi connectivity index (χ3v) is 4.18. The largest absolute Gasteiger partial charge is 0.495 e. The van der Waals surface area contributed by atoms with Crippen molar-refractivity contribution in [1.29, 1.82) is 5.26 Å². The van der Waals surface area contributed by atoms with E-state index in [0.29, 0.717) is 16.5 Å². The van der Waals surface area contributed by atoms with Crippen LogP contribution in [0.5, 0.6) is 5.75 Å². The van der Waals surface area contributed by atoms with Gasteiger partial charge >= 0.3 is 0 Å². The summed E-state index contributed by atoms with van der Waals surface area (Å²) in [6.07, 6.45) is 1.41. The Morgan fingerprint density at radius 3 is 2.52 bits per heavy atom. The molecule has 5 nitrogen and oxygen atoms in total. The zero-order valence-corrected chi connectivity index (χ0v) is 16.5. The SMILES string of the molecule is COc1ccc(NC(=O)/C(C#N)=C\Nc2ccccc2C(C)(C)C)cc1Cl. The molecule has 2 aromatic carbocycles. The molecule has 0 aliphatic heterocycles. The summed E-state index contributed by atoms with van der Waals surface area (Å²) in [6, 6.07) is 14.6. The molecule has 0 aliphatic carbocycles. The van der Waals surface area contributed by atoms with Crippen LogP contribution in [0.15, 0.2) is 54.2 Å². The predicted molar refractivity (Wildman–Crippen MR) is 109 cm³/mol. The molecule has 27 heavy (non-hydrogen) atoms. The van der Waals surface area contributed by atoms with Crippen molar-refractivity contribution >= 4 is 28.9 Å². The molecule has 0 bridgehead atoms. The van der Waals surface area contributed by atoms with Crippen LogP contribution >= 0.6 is 11.6 Å². The number of hydrogen-bond donors (Lipinski definition) is 2. The quantitative estimate of drug-likeness (QED) is 0.556. The number of halogens is 1. The summed E-state index contributed by atoms with van der Waals surface area (Å²) in [5.41, 5.74) is 2.28. The van der Waals surface area contributed by atoms with Gasteiger partial charge in [-0.05, 0) is 35.2 Å². The van der Waals surface area contributed by atoms with E-state index < -0.39 is 5.91 Å². The average molecular weight is 384 g/mol. The molecule has 0 fully saturated rings. The van der Waals surface area contributed by atoms with Crippen LogP contribution in [-0.2, 0) is 10.2 Å². The fourth-order valence-corrected chi connectivity index (χ4v) is 2.76. The van der Waals surface area contributed by atoms with Gasteiger partial charge in [-0.25, -0.2) is 0 Å². The summed E-state index contributed by atoms with van der Waals surface area (Å²) in [7, 11) is 1.51. The molecule has 6 heteroatoms. The molecule has 2 rings (SSSR count). The van der Waals surface area contributed by atoms with Gasteiger partial charge in [0.05, 0.1) is 12.1 Å². The third kappa shape index (κ3) is 5.25. The van der Waals surface area contributed by atoms with Crippen molar-refractivity contribution < 1.29 is 9.53 Å². The maximum absolute atomic E-state index is 12.4. The smallest absolute Gasteiger partial charge is 0.267 e. The van der Waals surface area contributed by atoms with Crippen LogP contribution in [0.2, 0.25) is 5.02 Å². The normalized spacial score (nSPS) is 11.5. The second-order valence-electron chi connectivity index (χ2n) is 6.91. The summed E-state index contributed by atoms with van der Waals surface area (Å²) in [5.74, 6) is -0.0226. The Bertz CT molecular complexity index is 908. The minimum Gasteiger partial charge on any atom is -0.495 e. The predicted octanol–water partition coefficient (Wildman–Crippen LogP) is 5.10. The number of benzene rings is 2. The van der Waals surface area contributed by atoms with E-state index in [1.165, 1.54) is 13.3 Å². The average Bonchev–Trinajstić information content (AvgIpc) is 2.62. The van der Waals surface area contributed by atoms with Crippen molar-refractivity contribution in [2.75, 3.05) is 17.7 Å². The van der Waals surface area contributed by atoms with Gasteiger partial charge in [0.1, 0.15) is 17.4 Å². The minimum atomic E-state index is -0.528. The van der Waals surface area contributed by atoms with Crippen LogP contribution in [0, 0.1) is 11.3 Å². The highest BCUT2D eigenvalue weighted by Crippen LogP contribution is 2.29. The summed E-state index contributed by atoms with van der Waals surface area (Å²) in [4.78, 5) is 12.4. The molecule has 0 radical (unpaired) electrons. The monoisotopic (exact) mass is 383 g/mol. The van der Waals surface area contributed by atoms with E-state index >= 15 is 0 Å². The van der Waals surface area contributed by atoms with Gasteiger partial charge in [0, 0.05) is 17.6 Å². The Hall–Kier alpha value is -2.97. The highest BCUT2D eigenvalue weighted by molar-refractivity contribution is 6.32. The molecule has 0 atom stereocenters. The van der Waals surface area contributed by atoms with Crippen molar-refractivity contribution in [3.8, 4) is 11.8 Å². The second-order valence-corrected chi connectivity index (χ2v) is 7.32. The first-order valence-electron chi connectivity index (χ1n) is 8.37. The van der Waals surface area contributed by atoms with Crippen molar-refractivity contribution in [3.63, 3.8) is 0 Å². The van der Waals surface area contributed by atoms with Crippen molar-refractivity contribution in [2.45, 2.75) is 26.2 Å². The van der Waals surface area contributed by atoms with E-state index in [0.717, 1.165) is 11.3 Å². The van der Waals surface area contributed by atoms with Gasteiger partial charge in [-0.3, -0.25) is 4.79 Å². The lowest BCUT2D eigenvalue weighted by molar-refractivity contribution is -0.112. The molecule has 0 heterocycles. The minimum absolute atomic E-state index is 0.0503. The number of hydrogen-bond acceptors (Lipinski definition) is 4. The summed E-state index contributed by atoms with van der Waals surface area (Å²) >= 11 is 6.06. The van der Waals surface area contributed by atoms with Gasteiger partial charge in [0.15, 0.2) is 0 Å². The van der Waals surface area contributed by atoms with Crippen LogP contribution in [0.3, 0.4) is 0 Å². The van der Waals surface area contributed by atoms with Crippen LogP contribution in [-0.4, -0.2) is 13.0 Å². The highest BCUT2D eigenvalue weighted by Gasteiger charge is 2.17. The number of rotatable bonds is 5. The van der Waals surface area contributed by atoms with Crippen LogP contribution in [0.1, 0.15) is 26.3 Å². The third-order valence-electron chi connectivity index (χ3n) is 3.88. The molecule has 0 saturated carbocycles. The number of methoxy groups -OCH3 is 1. The summed E-state index contributed by atoms with van der Waals surface area (Å²) in [5, 5.41) is 15.5. The number of nitrogens with zero attached hydrogens (tertiary/aromatic N) is 1. The standard InChI is InChI=1S/C21H22ClN3O2/c1-21(2,3)16-7-5-6-8-18(16)24-13-14(12-23)20(26)25-15-9-10-19(27-4)17(22)11-15/h5-11,13,24H,1-4H3,(H,25,26)/b14-13-. The lowest BCUT2D eigenvalue weighted by atomic mass is 9.86. The molecule has 0 unspecified atom stereocenters. The van der Waals surface area contributed by atoms with E-state index in [4.69, 9.17) is 16.3 Å². The number of anilines is 2. The van der Waals surface area contributed by atoms with Gasteiger partial charge in [0.25, 0.3) is 5.91 Å². The number of nitrogens with one attached hydrogen (secondary N) is 2. The fraction of sp³-hybridized carbons (Fsp3) is 0.238. The van der Waals surface area contributed by atoms with Crippen LogP contribution < -0.4 is 15.4 Å². The Morgan fingerprint density at radius 2 is 1.93 bits per heavy atom.